The molecular formula is C12H14BrN3O2. The van der Waals surface area contributed by atoms with Crippen molar-refractivity contribution >= 4 is 15.9 Å². The maximum absolute atomic E-state index is 5.60. The van der Waals surface area contributed by atoms with E-state index < -0.39 is 0 Å². The fourth-order valence-electron chi connectivity index (χ4n) is 1.45. The van der Waals surface area contributed by atoms with E-state index in [-0.39, 0.29) is 6.04 Å². The minimum Gasteiger partial charge on any atom is -0.496 e. The zero-order valence-corrected chi connectivity index (χ0v) is 12.0. The van der Waals surface area contributed by atoms with Crippen molar-refractivity contribution in [2.45, 2.75) is 13.0 Å². The van der Waals surface area contributed by atoms with Crippen LogP contribution in [0.4, 0.5) is 0 Å². The lowest BCUT2D eigenvalue weighted by atomic mass is 10.2. The molecule has 18 heavy (non-hydrogen) atoms. The van der Waals surface area contributed by atoms with Crippen LogP contribution in [0.15, 0.2) is 27.1 Å². The summed E-state index contributed by atoms with van der Waals surface area (Å²) < 4.78 is 11.6. The van der Waals surface area contributed by atoms with Crippen molar-refractivity contribution in [3.63, 3.8) is 0 Å². The van der Waals surface area contributed by atoms with Crippen LogP contribution in [0.25, 0.3) is 11.5 Å². The normalized spacial score (nSPS) is 12.4. The quantitative estimate of drug-likeness (QED) is 0.940. The monoisotopic (exact) mass is 311 g/mol. The summed E-state index contributed by atoms with van der Waals surface area (Å²) in [5.41, 5.74) is 0.852. The first-order valence-electron chi connectivity index (χ1n) is 5.50. The Bertz CT molecular complexity index is 542. The first kappa shape index (κ1) is 13.0. The molecule has 1 atom stereocenters. The SMILES string of the molecule is CNC(C)c1nnc(-c2ccc(OC)c(Br)c2)o1. The first-order valence-corrected chi connectivity index (χ1v) is 6.29. The zero-order valence-electron chi connectivity index (χ0n) is 10.4. The van der Waals surface area contributed by atoms with Gasteiger partial charge in [-0.25, -0.2) is 0 Å². The molecule has 0 saturated heterocycles. The number of hydrogen-bond donors (Lipinski definition) is 1. The number of nitrogens with zero attached hydrogens (tertiary/aromatic N) is 2. The fraction of sp³-hybridized carbons (Fsp3) is 0.333. The number of ether oxygens (including phenoxy) is 1. The second kappa shape index (κ2) is 5.49. The van der Waals surface area contributed by atoms with Crippen LogP contribution in [0.5, 0.6) is 5.75 Å². The third-order valence-corrected chi connectivity index (χ3v) is 3.26. The lowest BCUT2D eigenvalue weighted by Gasteiger charge is -2.04. The van der Waals surface area contributed by atoms with Gasteiger partial charge in [0, 0.05) is 5.56 Å². The highest BCUT2D eigenvalue weighted by molar-refractivity contribution is 9.10. The minimum atomic E-state index is 0.0351. The summed E-state index contributed by atoms with van der Waals surface area (Å²) in [6, 6.07) is 5.66. The highest BCUT2D eigenvalue weighted by Crippen LogP contribution is 2.30. The van der Waals surface area contributed by atoms with Gasteiger partial charge in [0.2, 0.25) is 11.8 Å². The van der Waals surface area contributed by atoms with Gasteiger partial charge in [-0.05, 0) is 48.1 Å². The summed E-state index contributed by atoms with van der Waals surface area (Å²) in [5.74, 6) is 1.83. The molecule has 0 radical (unpaired) electrons. The zero-order chi connectivity index (χ0) is 13.1. The molecule has 0 aliphatic rings. The third-order valence-electron chi connectivity index (χ3n) is 2.64. The van der Waals surface area contributed by atoms with Crippen LogP contribution in [-0.2, 0) is 0 Å². The maximum atomic E-state index is 5.60. The molecular weight excluding hydrogens is 298 g/mol. The van der Waals surface area contributed by atoms with E-state index in [4.69, 9.17) is 9.15 Å². The first-order chi connectivity index (χ1) is 8.65. The second-order valence-corrected chi connectivity index (χ2v) is 4.66. The Balaban J connectivity index is 2.31. The lowest BCUT2D eigenvalue weighted by Crippen LogP contribution is -2.12. The van der Waals surface area contributed by atoms with Crippen molar-refractivity contribution in [2.75, 3.05) is 14.2 Å². The Morgan fingerprint density at radius 1 is 1.39 bits per heavy atom. The number of benzene rings is 1. The molecule has 1 heterocycles. The molecule has 2 rings (SSSR count). The molecule has 0 bridgehead atoms. The van der Waals surface area contributed by atoms with E-state index in [9.17, 15) is 0 Å². The molecule has 1 N–H and O–H groups in total. The highest BCUT2D eigenvalue weighted by Gasteiger charge is 2.14. The summed E-state index contributed by atoms with van der Waals surface area (Å²) in [7, 11) is 3.47. The van der Waals surface area contributed by atoms with Crippen LogP contribution in [0.3, 0.4) is 0 Å². The van der Waals surface area contributed by atoms with E-state index in [1.807, 2.05) is 32.2 Å². The third kappa shape index (κ3) is 2.54. The molecule has 1 unspecified atom stereocenters. The van der Waals surface area contributed by atoms with Gasteiger partial charge in [-0.15, -0.1) is 10.2 Å². The van der Waals surface area contributed by atoms with Gasteiger partial charge < -0.3 is 14.5 Å². The van der Waals surface area contributed by atoms with E-state index in [0.717, 1.165) is 15.8 Å². The topological polar surface area (TPSA) is 60.2 Å². The Morgan fingerprint density at radius 2 is 2.17 bits per heavy atom. The number of halogens is 1. The van der Waals surface area contributed by atoms with Gasteiger partial charge >= 0.3 is 0 Å². The van der Waals surface area contributed by atoms with Gasteiger partial charge in [-0.2, -0.15) is 0 Å². The molecule has 96 valence electrons. The Labute approximate surface area is 114 Å². The molecule has 0 aliphatic heterocycles. The number of methoxy groups -OCH3 is 1. The van der Waals surface area contributed by atoms with Crippen LogP contribution >= 0.6 is 15.9 Å². The Kier molecular flexibility index (Phi) is 3.98. The van der Waals surface area contributed by atoms with E-state index >= 15 is 0 Å². The van der Waals surface area contributed by atoms with Crippen LogP contribution < -0.4 is 10.1 Å². The van der Waals surface area contributed by atoms with Crippen LogP contribution in [0, 0.1) is 0 Å². The molecule has 0 saturated carbocycles. The molecule has 2 aromatic rings. The molecule has 0 fully saturated rings. The van der Waals surface area contributed by atoms with E-state index in [1.165, 1.54) is 0 Å². The van der Waals surface area contributed by atoms with E-state index in [2.05, 4.69) is 31.4 Å². The van der Waals surface area contributed by atoms with Gasteiger partial charge in [0.1, 0.15) is 5.75 Å². The number of rotatable bonds is 4. The van der Waals surface area contributed by atoms with Gasteiger partial charge in [0.05, 0.1) is 17.6 Å². The van der Waals surface area contributed by atoms with Crippen molar-refractivity contribution in [3.05, 3.63) is 28.6 Å². The molecule has 0 aliphatic carbocycles. The van der Waals surface area contributed by atoms with Crippen molar-refractivity contribution < 1.29 is 9.15 Å². The second-order valence-electron chi connectivity index (χ2n) is 3.81. The Morgan fingerprint density at radius 3 is 2.78 bits per heavy atom. The fourth-order valence-corrected chi connectivity index (χ4v) is 1.99. The van der Waals surface area contributed by atoms with Gasteiger partial charge in [-0.1, -0.05) is 0 Å². The van der Waals surface area contributed by atoms with Crippen molar-refractivity contribution in [1.29, 1.82) is 0 Å². The van der Waals surface area contributed by atoms with Gasteiger partial charge in [0.15, 0.2) is 0 Å². The van der Waals surface area contributed by atoms with Gasteiger partial charge in [-0.3, -0.25) is 0 Å². The molecule has 6 heteroatoms. The summed E-state index contributed by atoms with van der Waals surface area (Å²) in [6.45, 7) is 1.96. The predicted molar refractivity (Wildman–Crippen MR) is 71.5 cm³/mol. The number of nitrogens with one attached hydrogen (secondary N) is 1. The van der Waals surface area contributed by atoms with Crippen molar-refractivity contribution in [1.82, 2.24) is 15.5 Å². The molecule has 0 spiro atoms. The minimum absolute atomic E-state index is 0.0351. The van der Waals surface area contributed by atoms with Crippen molar-refractivity contribution in [3.8, 4) is 17.2 Å². The van der Waals surface area contributed by atoms with Crippen LogP contribution in [0.1, 0.15) is 18.9 Å². The number of aromatic nitrogens is 2. The largest absolute Gasteiger partial charge is 0.496 e. The average Bonchev–Trinajstić information content (AvgIpc) is 2.87. The molecule has 1 aromatic heterocycles. The van der Waals surface area contributed by atoms with Crippen LogP contribution in [-0.4, -0.2) is 24.4 Å². The maximum Gasteiger partial charge on any atom is 0.247 e. The summed E-state index contributed by atoms with van der Waals surface area (Å²) in [5, 5.41) is 11.1. The van der Waals surface area contributed by atoms with Crippen molar-refractivity contribution in [2.24, 2.45) is 0 Å². The predicted octanol–water partition coefficient (Wildman–Crippen LogP) is 2.79. The average molecular weight is 312 g/mol. The summed E-state index contributed by atoms with van der Waals surface area (Å²) in [4.78, 5) is 0. The highest BCUT2D eigenvalue weighted by atomic mass is 79.9. The number of hydrogen-bond acceptors (Lipinski definition) is 5. The van der Waals surface area contributed by atoms with E-state index in [1.54, 1.807) is 7.11 Å². The van der Waals surface area contributed by atoms with Crippen LogP contribution in [0.2, 0.25) is 0 Å². The molecule has 1 aromatic carbocycles. The summed E-state index contributed by atoms with van der Waals surface area (Å²) in [6.07, 6.45) is 0. The van der Waals surface area contributed by atoms with Gasteiger partial charge in [0.25, 0.3) is 0 Å². The Hall–Kier alpha value is -1.40. The smallest absolute Gasteiger partial charge is 0.247 e. The van der Waals surface area contributed by atoms with E-state index in [0.29, 0.717) is 11.8 Å². The summed E-state index contributed by atoms with van der Waals surface area (Å²) >= 11 is 3.43. The molecule has 0 amide bonds. The molecule has 5 nitrogen and oxygen atoms in total. The standard InChI is InChI=1S/C12H14BrN3O2/c1-7(14-2)11-15-16-12(18-11)8-4-5-10(17-3)9(13)6-8/h4-7,14H,1-3H3. The lowest BCUT2D eigenvalue weighted by molar-refractivity contribution is 0.412.